The Bertz CT molecular complexity index is 366. The summed E-state index contributed by atoms with van der Waals surface area (Å²) >= 11 is 5.82. The molecule has 0 spiro atoms. The van der Waals surface area contributed by atoms with Crippen LogP contribution >= 0.6 is 11.6 Å². The zero-order valence-corrected chi connectivity index (χ0v) is 11.0. The van der Waals surface area contributed by atoms with Gasteiger partial charge in [0.1, 0.15) is 5.82 Å². The first kappa shape index (κ1) is 12.8. The molecule has 94 valence electrons. The highest BCUT2D eigenvalue weighted by Gasteiger charge is 2.27. The van der Waals surface area contributed by atoms with Crippen LogP contribution in [-0.4, -0.2) is 6.54 Å². The van der Waals surface area contributed by atoms with Gasteiger partial charge < -0.3 is 5.32 Å². The van der Waals surface area contributed by atoms with Crippen molar-refractivity contribution < 1.29 is 4.39 Å². The molecule has 0 unspecified atom stereocenters. The van der Waals surface area contributed by atoms with E-state index in [0.717, 1.165) is 12.1 Å². The summed E-state index contributed by atoms with van der Waals surface area (Å²) in [6, 6.07) is 4.69. The van der Waals surface area contributed by atoms with Crippen LogP contribution in [0, 0.1) is 11.2 Å². The predicted molar refractivity (Wildman–Crippen MR) is 69.7 cm³/mol. The van der Waals surface area contributed by atoms with Gasteiger partial charge >= 0.3 is 0 Å². The van der Waals surface area contributed by atoms with Gasteiger partial charge in [0.15, 0.2) is 0 Å². The Morgan fingerprint density at radius 2 is 2.00 bits per heavy atom. The Morgan fingerprint density at radius 3 is 2.65 bits per heavy atom. The van der Waals surface area contributed by atoms with E-state index in [4.69, 9.17) is 11.6 Å². The van der Waals surface area contributed by atoms with E-state index < -0.39 is 0 Å². The molecular weight excluding hydrogens is 237 g/mol. The molecule has 1 nitrogen and oxygen atoms in total. The summed E-state index contributed by atoms with van der Waals surface area (Å²) in [5, 5.41) is 3.88. The third-order valence-corrected chi connectivity index (χ3v) is 3.83. The molecule has 0 saturated heterocycles. The second-order valence-corrected chi connectivity index (χ2v) is 5.84. The van der Waals surface area contributed by atoms with Gasteiger partial charge in [-0.3, -0.25) is 0 Å². The van der Waals surface area contributed by atoms with Gasteiger partial charge in [-0.25, -0.2) is 4.39 Å². The summed E-state index contributed by atoms with van der Waals surface area (Å²) in [5.74, 6) is -0.263. The SMILES string of the molecule is CC1(CNCc2cc(F)cc(Cl)c2)CCCC1. The van der Waals surface area contributed by atoms with Gasteiger partial charge in [-0.05, 0) is 42.0 Å². The molecule has 0 aromatic heterocycles. The molecule has 17 heavy (non-hydrogen) atoms. The molecule has 1 N–H and O–H groups in total. The van der Waals surface area contributed by atoms with Crippen LogP contribution < -0.4 is 5.32 Å². The number of rotatable bonds is 4. The maximum absolute atomic E-state index is 13.1. The van der Waals surface area contributed by atoms with Crippen LogP contribution in [0.3, 0.4) is 0 Å². The van der Waals surface area contributed by atoms with Crippen molar-refractivity contribution in [1.29, 1.82) is 0 Å². The van der Waals surface area contributed by atoms with Crippen LogP contribution in [0.15, 0.2) is 18.2 Å². The van der Waals surface area contributed by atoms with Crippen molar-refractivity contribution in [2.45, 2.75) is 39.2 Å². The number of hydrogen-bond donors (Lipinski definition) is 1. The molecule has 3 heteroatoms. The lowest BCUT2D eigenvalue weighted by Gasteiger charge is -2.23. The zero-order valence-electron chi connectivity index (χ0n) is 10.2. The Labute approximate surface area is 107 Å². The van der Waals surface area contributed by atoms with Gasteiger partial charge in [-0.15, -0.1) is 0 Å². The van der Waals surface area contributed by atoms with Crippen molar-refractivity contribution in [3.05, 3.63) is 34.6 Å². The monoisotopic (exact) mass is 255 g/mol. The number of hydrogen-bond acceptors (Lipinski definition) is 1. The molecule has 2 rings (SSSR count). The number of halogens is 2. The minimum Gasteiger partial charge on any atom is -0.312 e. The van der Waals surface area contributed by atoms with E-state index in [-0.39, 0.29) is 5.82 Å². The van der Waals surface area contributed by atoms with Crippen LogP contribution in [-0.2, 0) is 6.54 Å². The summed E-state index contributed by atoms with van der Waals surface area (Å²) in [4.78, 5) is 0. The third-order valence-electron chi connectivity index (χ3n) is 3.61. The highest BCUT2D eigenvalue weighted by molar-refractivity contribution is 6.30. The molecule has 1 aromatic rings. The molecule has 1 aromatic carbocycles. The van der Waals surface area contributed by atoms with E-state index in [0.29, 0.717) is 17.0 Å². The van der Waals surface area contributed by atoms with Crippen molar-refractivity contribution >= 4 is 11.6 Å². The summed E-state index contributed by atoms with van der Waals surface area (Å²) in [7, 11) is 0. The maximum Gasteiger partial charge on any atom is 0.125 e. The topological polar surface area (TPSA) is 12.0 Å². The van der Waals surface area contributed by atoms with Gasteiger partial charge in [0.2, 0.25) is 0 Å². The van der Waals surface area contributed by atoms with E-state index in [1.807, 2.05) is 6.07 Å². The average Bonchev–Trinajstić information content (AvgIpc) is 2.64. The van der Waals surface area contributed by atoms with Crippen molar-refractivity contribution in [2.24, 2.45) is 5.41 Å². The van der Waals surface area contributed by atoms with E-state index in [1.165, 1.54) is 37.8 Å². The van der Waals surface area contributed by atoms with Crippen molar-refractivity contribution in [3.63, 3.8) is 0 Å². The summed E-state index contributed by atoms with van der Waals surface area (Å²) in [6.45, 7) is 4.01. The van der Waals surface area contributed by atoms with E-state index >= 15 is 0 Å². The molecule has 0 aliphatic heterocycles. The molecule has 0 bridgehead atoms. The minimum absolute atomic E-state index is 0.263. The lowest BCUT2D eigenvalue weighted by molar-refractivity contribution is 0.314. The lowest BCUT2D eigenvalue weighted by Crippen LogP contribution is -2.29. The normalized spacial score (nSPS) is 18.5. The van der Waals surface area contributed by atoms with Crippen molar-refractivity contribution in [2.75, 3.05) is 6.54 Å². The smallest absolute Gasteiger partial charge is 0.125 e. The molecule has 0 radical (unpaired) electrons. The number of benzene rings is 1. The minimum atomic E-state index is -0.263. The summed E-state index contributed by atoms with van der Waals surface area (Å²) in [6.07, 6.45) is 5.27. The summed E-state index contributed by atoms with van der Waals surface area (Å²) in [5.41, 5.74) is 1.34. The molecule has 1 saturated carbocycles. The second-order valence-electron chi connectivity index (χ2n) is 5.40. The second kappa shape index (κ2) is 5.36. The highest BCUT2D eigenvalue weighted by Crippen LogP contribution is 2.36. The maximum atomic E-state index is 13.1. The molecule has 1 aliphatic rings. The fourth-order valence-corrected chi connectivity index (χ4v) is 2.87. The summed E-state index contributed by atoms with van der Waals surface area (Å²) < 4.78 is 13.1. The molecule has 1 fully saturated rings. The van der Waals surface area contributed by atoms with E-state index in [2.05, 4.69) is 12.2 Å². The fourth-order valence-electron chi connectivity index (χ4n) is 2.63. The van der Waals surface area contributed by atoms with Crippen LogP contribution in [0.5, 0.6) is 0 Å². The predicted octanol–water partition coefficient (Wildman–Crippen LogP) is 4.15. The van der Waals surface area contributed by atoms with Gasteiger partial charge in [0.05, 0.1) is 0 Å². The lowest BCUT2D eigenvalue weighted by atomic mass is 9.89. The van der Waals surface area contributed by atoms with Crippen LogP contribution in [0.4, 0.5) is 4.39 Å². The standard InChI is InChI=1S/C14H19ClFN/c1-14(4-2-3-5-14)10-17-9-11-6-12(15)8-13(16)7-11/h6-8,17H,2-5,9-10H2,1H3. The van der Waals surface area contributed by atoms with Crippen LogP contribution in [0.2, 0.25) is 5.02 Å². The van der Waals surface area contributed by atoms with Crippen molar-refractivity contribution in [1.82, 2.24) is 5.32 Å². The molecule has 0 heterocycles. The quantitative estimate of drug-likeness (QED) is 0.852. The van der Waals surface area contributed by atoms with Gasteiger partial charge in [-0.1, -0.05) is 31.4 Å². The van der Waals surface area contributed by atoms with Crippen LogP contribution in [0.1, 0.15) is 38.2 Å². The Balaban J connectivity index is 1.85. The zero-order chi connectivity index (χ0) is 12.3. The number of nitrogens with one attached hydrogen (secondary N) is 1. The van der Waals surface area contributed by atoms with Gasteiger partial charge in [-0.2, -0.15) is 0 Å². The molecular formula is C14H19ClFN. The third kappa shape index (κ3) is 3.68. The Kier molecular flexibility index (Phi) is 4.05. The first-order chi connectivity index (χ1) is 8.07. The van der Waals surface area contributed by atoms with E-state index in [9.17, 15) is 4.39 Å². The largest absolute Gasteiger partial charge is 0.312 e. The highest BCUT2D eigenvalue weighted by atomic mass is 35.5. The van der Waals surface area contributed by atoms with Crippen molar-refractivity contribution in [3.8, 4) is 0 Å². The molecule has 0 amide bonds. The first-order valence-electron chi connectivity index (χ1n) is 6.23. The average molecular weight is 256 g/mol. The first-order valence-corrected chi connectivity index (χ1v) is 6.61. The Morgan fingerprint density at radius 1 is 1.29 bits per heavy atom. The van der Waals surface area contributed by atoms with Gasteiger partial charge in [0, 0.05) is 18.1 Å². The van der Waals surface area contributed by atoms with Crippen LogP contribution in [0.25, 0.3) is 0 Å². The Hall–Kier alpha value is -0.600. The van der Waals surface area contributed by atoms with Gasteiger partial charge in [0.25, 0.3) is 0 Å². The fraction of sp³-hybridized carbons (Fsp3) is 0.571. The molecule has 1 aliphatic carbocycles. The van der Waals surface area contributed by atoms with E-state index in [1.54, 1.807) is 0 Å². The molecule has 0 atom stereocenters.